The molecule has 8 N–H and O–H groups in total. The molecule has 0 aliphatic heterocycles. The predicted octanol–water partition coefficient (Wildman–Crippen LogP) is 2.98. The first-order valence-electron chi connectivity index (χ1n) is 3.36. The van der Waals surface area contributed by atoms with Crippen LogP contribution in [-0.2, 0) is 14.2 Å². The van der Waals surface area contributed by atoms with Gasteiger partial charge in [-0.1, -0.05) is 52.5 Å². The number of pyridine rings is 1. The van der Waals surface area contributed by atoms with Crippen LogP contribution < -0.4 is 12.3 Å². The van der Waals surface area contributed by atoms with Crippen LogP contribution in [0.3, 0.4) is 0 Å². The Morgan fingerprint density at radius 3 is 1.72 bits per heavy atom. The molecule has 1 aromatic heterocycles. The summed E-state index contributed by atoms with van der Waals surface area (Å²) in [7, 11) is -5.17. The first-order chi connectivity index (χ1) is 7.00. The summed E-state index contributed by atoms with van der Waals surface area (Å²) in [4.78, 5) is 3.81. The lowest BCUT2D eigenvalue weighted by Gasteiger charge is -2.08. The molecule has 0 fully saturated rings. The number of quaternary nitrogens is 2. The maximum absolute atomic E-state index is 8.52. The van der Waals surface area contributed by atoms with Crippen LogP contribution in [0.2, 0.25) is 5.15 Å². The molecule has 0 aromatic carbocycles. The molecule has 18 heavy (non-hydrogen) atoms. The van der Waals surface area contributed by atoms with Crippen molar-refractivity contribution in [3.05, 3.63) is 29.0 Å². The van der Waals surface area contributed by atoms with E-state index in [9.17, 15) is 0 Å². The molecule has 1 aromatic rings. The Morgan fingerprint density at radius 1 is 1.11 bits per heavy atom. The Morgan fingerprint density at radius 2 is 1.50 bits per heavy atom. The van der Waals surface area contributed by atoms with Gasteiger partial charge < -0.3 is 21.4 Å². The Bertz CT molecular complexity index is 442. The molecule has 0 unspecified atom stereocenters. The summed E-state index contributed by atoms with van der Waals surface area (Å²) >= 11 is 22.2. The van der Waals surface area contributed by atoms with Crippen LogP contribution in [0.4, 0.5) is 0 Å². The third-order valence-corrected chi connectivity index (χ3v) is 1.80. The van der Waals surface area contributed by atoms with E-state index in [1.807, 2.05) is 0 Å². The fourth-order valence-electron chi connectivity index (χ4n) is 0.566. The molecule has 0 saturated carbocycles. The first kappa shape index (κ1) is 23.2. The monoisotopic (exact) mass is 361 g/mol. The highest BCUT2D eigenvalue weighted by Crippen LogP contribution is 2.36. The number of hydrogen-bond donors (Lipinski definition) is 2. The zero-order valence-electron chi connectivity index (χ0n) is 9.23. The van der Waals surface area contributed by atoms with Crippen LogP contribution in [-0.4, -0.2) is 22.5 Å². The molecule has 0 aliphatic rings. The number of alkyl halides is 3. The fourth-order valence-corrected chi connectivity index (χ4v) is 1.05. The Balaban J connectivity index is -0.000000282. The van der Waals surface area contributed by atoms with Gasteiger partial charge in [-0.2, -0.15) is 0 Å². The lowest BCUT2D eigenvalue weighted by molar-refractivity contribution is 0.352. The number of rotatable bonds is 0. The van der Waals surface area contributed by atoms with Gasteiger partial charge in [0.05, 0.1) is 5.69 Å². The zero-order chi connectivity index (χ0) is 13.0. The molecule has 0 bridgehead atoms. The second kappa shape index (κ2) is 9.08. The maximum Gasteiger partial charge on any atom is 0.232 e. The molecule has 108 valence electrons. The lowest BCUT2D eigenvalue weighted by atomic mass is 10.4. The van der Waals surface area contributed by atoms with Gasteiger partial charge in [-0.15, -0.1) is 0 Å². The molecule has 0 amide bonds. The van der Waals surface area contributed by atoms with E-state index in [0.29, 0.717) is 10.8 Å². The fraction of sp³-hybridized carbons (Fsp3) is 0.167. The minimum Gasteiger partial charge on any atom is -0.759 e. The molecule has 0 spiro atoms. The van der Waals surface area contributed by atoms with Crippen molar-refractivity contribution in [3.63, 3.8) is 0 Å². The van der Waals surface area contributed by atoms with Gasteiger partial charge in [0.2, 0.25) is 3.79 Å². The van der Waals surface area contributed by atoms with Gasteiger partial charge in [0.1, 0.15) is 5.15 Å². The average molecular weight is 363 g/mol. The van der Waals surface area contributed by atoms with E-state index in [-0.39, 0.29) is 12.3 Å². The summed E-state index contributed by atoms with van der Waals surface area (Å²) in [5, 5.41) is 0.314. The summed E-state index contributed by atoms with van der Waals surface area (Å²) in [5.74, 6) is 0. The standard InChI is InChI=1S/C6H3Cl4N.2H3N.H2O4S/c7-5-3-1-2-4(11-5)6(8,9)10;;;1-5(2,3)4/h1-3H;2*1H3;(H2,1,2,3,4). The van der Waals surface area contributed by atoms with Gasteiger partial charge in [0, 0.05) is 10.4 Å². The largest absolute Gasteiger partial charge is 0.759 e. The summed E-state index contributed by atoms with van der Waals surface area (Å²) in [6.07, 6.45) is 0. The van der Waals surface area contributed by atoms with Crippen LogP contribution in [0.5, 0.6) is 0 Å². The quantitative estimate of drug-likeness (QED) is 0.312. The van der Waals surface area contributed by atoms with Crippen molar-refractivity contribution in [1.82, 2.24) is 17.3 Å². The van der Waals surface area contributed by atoms with E-state index in [4.69, 9.17) is 63.9 Å². The van der Waals surface area contributed by atoms with Crippen LogP contribution in [0.15, 0.2) is 18.2 Å². The Labute approximate surface area is 124 Å². The summed E-state index contributed by atoms with van der Waals surface area (Å²) < 4.78 is 32.6. The van der Waals surface area contributed by atoms with Crippen molar-refractivity contribution in [1.29, 1.82) is 0 Å². The van der Waals surface area contributed by atoms with Crippen LogP contribution in [0.25, 0.3) is 0 Å². The normalized spacial score (nSPS) is 10.3. The highest BCUT2D eigenvalue weighted by atomic mass is 35.6. The van der Waals surface area contributed by atoms with E-state index < -0.39 is 14.2 Å². The maximum atomic E-state index is 8.52. The minimum absolute atomic E-state index is 0. The number of halogens is 4. The van der Waals surface area contributed by atoms with E-state index in [1.165, 1.54) is 0 Å². The van der Waals surface area contributed by atoms with Crippen molar-refractivity contribution < 1.29 is 17.5 Å². The van der Waals surface area contributed by atoms with Crippen LogP contribution in [0.1, 0.15) is 5.69 Å². The Hall–Kier alpha value is 0.1000. The average Bonchev–Trinajstić information content (AvgIpc) is 1.99. The zero-order valence-corrected chi connectivity index (χ0v) is 13.1. The third kappa shape index (κ3) is 14.2. The highest BCUT2D eigenvalue weighted by molar-refractivity contribution is 7.79. The van der Waals surface area contributed by atoms with E-state index >= 15 is 0 Å². The molecule has 1 heterocycles. The highest BCUT2D eigenvalue weighted by Gasteiger charge is 2.24. The van der Waals surface area contributed by atoms with Crippen molar-refractivity contribution >= 4 is 56.8 Å². The summed E-state index contributed by atoms with van der Waals surface area (Å²) in [6, 6.07) is 4.88. The molecule has 0 atom stereocenters. The molecule has 7 nitrogen and oxygen atoms in total. The minimum atomic E-state index is -5.17. The molecular formula is C6H11Cl4N3O4S. The second-order valence-electron chi connectivity index (χ2n) is 2.25. The first-order valence-corrected chi connectivity index (χ1v) is 6.21. The topological polar surface area (TPSA) is 166 Å². The number of aromatic nitrogens is 1. The number of nitrogens with zero attached hydrogens (tertiary/aromatic N) is 1. The molecule has 1 rings (SSSR count). The van der Waals surface area contributed by atoms with Crippen molar-refractivity contribution in [3.8, 4) is 0 Å². The number of hydrogen-bond acceptors (Lipinski definition) is 5. The van der Waals surface area contributed by atoms with Crippen molar-refractivity contribution in [2.45, 2.75) is 3.79 Å². The van der Waals surface area contributed by atoms with Crippen molar-refractivity contribution in [2.75, 3.05) is 0 Å². The summed E-state index contributed by atoms with van der Waals surface area (Å²) in [5.41, 5.74) is 0.329. The SMILES string of the molecule is Clc1cccc(C(Cl)(Cl)Cl)n1.O=S(=O)([O-])[O-].[NH4+].[NH4+]. The van der Waals surface area contributed by atoms with E-state index in [1.54, 1.807) is 18.2 Å². The smallest absolute Gasteiger partial charge is 0.232 e. The second-order valence-corrected chi connectivity index (χ2v) is 5.74. The van der Waals surface area contributed by atoms with Crippen molar-refractivity contribution in [2.24, 2.45) is 0 Å². The molecular weight excluding hydrogens is 352 g/mol. The molecule has 12 heteroatoms. The molecule has 0 saturated heterocycles. The lowest BCUT2D eigenvalue weighted by Crippen LogP contribution is -2.02. The van der Waals surface area contributed by atoms with Gasteiger partial charge >= 0.3 is 0 Å². The van der Waals surface area contributed by atoms with Gasteiger partial charge in [-0.05, 0) is 12.1 Å². The van der Waals surface area contributed by atoms with E-state index in [2.05, 4.69) is 4.98 Å². The van der Waals surface area contributed by atoms with Crippen LogP contribution in [0, 0.1) is 0 Å². The van der Waals surface area contributed by atoms with Gasteiger partial charge in [0.15, 0.2) is 0 Å². The van der Waals surface area contributed by atoms with Gasteiger partial charge in [-0.25, -0.2) is 4.98 Å². The van der Waals surface area contributed by atoms with Gasteiger partial charge in [-0.3, -0.25) is 8.42 Å². The van der Waals surface area contributed by atoms with Gasteiger partial charge in [0.25, 0.3) is 0 Å². The Kier molecular flexibility index (Phi) is 11.7. The summed E-state index contributed by atoms with van der Waals surface area (Å²) in [6.45, 7) is 0. The third-order valence-electron chi connectivity index (χ3n) is 1.01. The van der Waals surface area contributed by atoms with E-state index in [0.717, 1.165) is 0 Å². The molecule has 0 radical (unpaired) electrons. The molecule has 0 aliphatic carbocycles. The predicted molar refractivity (Wildman–Crippen MR) is 70.9 cm³/mol. The van der Waals surface area contributed by atoms with Crippen LogP contribution >= 0.6 is 46.4 Å².